The minimum Gasteiger partial charge on any atom is -0.479 e. The Morgan fingerprint density at radius 2 is 2.23 bits per heavy atom. The molecular formula is C7H7ClN4O. The lowest BCUT2D eigenvalue weighted by molar-refractivity contribution is 0.400. The second-order valence-corrected chi connectivity index (χ2v) is 2.87. The summed E-state index contributed by atoms with van der Waals surface area (Å²) in [4.78, 5) is 11.9. The van der Waals surface area contributed by atoms with Gasteiger partial charge in [-0.3, -0.25) is 0 Å². The summed E-state index contributed by atoms with van der Waals surface area (Å²) in [6, 6.07) is 0. The van der Waals surface area contributed by atoms with Crippen molar-refractivity contribution in [3.05, 3.63) is 11.6 Å². The predicted octanol–water partition coefficient (Wildman–Crippen LogP) is 1.03. The summed E-state index contributed by atoms with van der Waals surface area (Å²) in [5.74, 6) is 0.440. The smallest absolute Gasteiger partial charge is 0.244 e. The molecule has 2 heterocycles. The molecule has 0 aromatic carbocycles. The maximum atomic E-state index is 5.66. The summed E-state index contributed by atoms with van der Waals surface area (Å²) in [5.41, 5.74) is 1.28. The van der Waals surface area contributed by atoms with E-state index in [1.165, 1.54) is 7.11 Å². The Morgan fingerprint density at radius 3 is 2.92 bits per heavy atom. The molecule has 2 aromatic rings. The zero-order valence-electron chi connectivity index (χ0n) is 7.15. The topological polar surface area (TPSA) is 52.8 Å². The summed E-state index contributed by atoms with van der Waals surface area (Å²) in [6.45, 7) is 0. The van der Waals surface area contributed by atoms with E-state index >= 15 is 0 Å². The van der Waals surface area contributed by atoms with Crippen LogP contribution in [0.25, 0.3) is 11.2 Å². The van der Waals surface area contributed by atoms with Crippen LogP contribution in [0.5, 0.6) is 5.88 Å². The summed E-state index contributed by atoms with van der Waals surface area (Å²) in [5, 5.41) is 0.142. The largest absolute Gasteiger partial charge is 0.479 e. The van der Waals surface area contributed by atoms with Gasteiger partial charge in [-0.15, -0.1) is 0 Å². The molecular weight excluding hydrogens is 192 g/mol. The highest BCUT2D eigenvalue weighted by Gasteiger charge is 2.10. The number of methoxy groups -OCH3 is 1. The summed E-state index contributed by atoms with van der Waals surface area (Å²) in [7, 11) is 3.38. The molecule has 2 rings (SSSR count). The van der Waals surface area contributed by atoms with Crippen LogP contribution in [-0.2, 0) is 7.05 Å². The number of ether oxygens (including phenoxy) is 1. The molecule has 0 atom stereocenters. The minimum absolute atomic E-state index is 0.142. The molecule has 13 heavy (non-hydrogen) atoms. The first kappa shape index (κ1) is 8.25. The van der Waals surface area contributed by atoms with Crippen LogP contribution < -0.4 is 4.74 Å². The lowest BCUT2D eigenvalue weighted by Crippen LogP contribution is -1.95. The normalized spacial score (nSPS) is 10.7. The molecule has 68 valence electrons. The Labute approximate surface area is 79.3 Å². The van der Waals surface area contributed by atoms with Gasteiger partial charge in [-0.2, -0.15) is 9.97 Å². The maximum Gasteiger partial charge on any atom is 0.244 e. The van der Waals surface area contributed by atoms with Crippen LogP contribution in [0.2, 0.25) is 5.28 Å². The number of aryl methyl sites for hydroxylation is 1. The van der Waals surface area contributed by atoms with Crippen LogP contribution >= 0.6 is 11.6 Å². The lowest BCUT2D eigenvalue weighted by atomic mass is 10.5. The van der Waals surface area contributed by atoms with Crippen molar-refractivity contribution >= 4 is 22.8 Å². The first-order chi connectivity index (χ1) is 6.22. The number of rotatable bonds is 1. The van der Waals surface area contributed by atoms with Gasteiger partial charge in [0, 0.05) is 7.05 Å². The molecule has 0 saturated heterocycles. The highest BCUT2D eigenvalue weighted by Crippen LogP contribution is 2.21. The molecule has 0 fully saturated rings. The number of hydrogen-bond donors (Lipinski definition) is 0. The van der Waals surface area contributed by atoms with Crippen molar-refractivity contribution in [3.8, 4) is 5.88 Å². The second-order valence-electron chi connectivity index (χ2n) is 2.53. The van der Waals surface area contributed by atoms with Crippen molar-refractivity contribution in [2.24, 2.45) is 7.05 Å². The fourth-order valence-electron chi connectivity index (χ4n) is 1.14. The number of fused-ring (bicyclic) bond motifs is 1. The predicted molar refractivity (Wildman–Crippen MR) is 47.9 cm³/mol. The Hall–Kier alpha value is -1.36. The molecule has 0 bridgehead atoms. The highest BCUT2D eigenvalue weighted by molar-refractivity contribution is 6.28. The first-order valence-corrected chi connectivity index (χ1v) is 3.98. The zero-order valence-corrected chi connectivity index (χ0v) is 7.91. The molecule has 5 nitrogen and oxygen atoms in total. The molecule has 0 amide bonds. The second kappa shape index (κ2) is 2.85. The van der Waals surface area contributed by atoms with Crippen molar-refractivity contribution in [1.82, 2.24) is 19.5 Å². The van der Waals surface area contributed by atoms with Crippen molar-refractivity contribution in [2.45, 2.75) is 0 Å². The van der Waals surface area contributed by atoms with Gasteiger partial charge in [-0.25, -0.2) is 4.98 Å². The van der Waals surface area contributed by atoms with Crippen molar-refractivity contribution in [2.75, 3.05) is 7.11 Å². The molecule has 6 heteroatoms. The molecule has 0 unspecified atom stereocenters. The monoisotopic (exact) mass is 198 g/mol. The molecule has 0 aliphatic heterocycles. The van der Waals surface area contributed by atoms with Gasteiger partial charge in [0.15, 0.2) is 11.2 Å². The van der Waals surface area contributed by atoms with E-state index < -0.39 is 0 Å². The number of hydrogen-bond acceptors (Lipinski definition) is 4. The van der Waals surface area contributed by atoms with Crippen molar-refractivity contribution in [3.63, 3.8) is 0 Å². The third-order valence-electron chi connectivity index (χ3n) is 1.71. The van der Waals surface area contributed by atoms with Crippen molar-refractivity contribution < 1.29 is 4.74 Å². The van der Waals surface area contributed by atoms with E-state index in [4.69, 9.17) is 16.3 Å². The number of aromatic nitrogens is 4. The van der Waals surface area contributed by atoms with Gasteiger partial charge in [-0.05, 0) is 11.6 Å². The Kier molecular flexibility index (Phi) is 1.81. The van der Waals surface area contributed by atoms with Crippen LogP contribution in [0.3, 0.4) is 0 Å². The van der Waals surface area contributed by atoms with Crippen LogP contribution in [-0.4, -0.2) is 26.6 Å². The van der Waals surface area contributed by atoms with Gasteiger partial charge in [0.25, 0.3) is 0 Å². The van der Waals surface area contributed by atoms with Gasteiger partial charge in [0.05, 0.1) is 13.4 Å². The van der Waals surface area contributed by atoms with E-state index in [2.05, 4.69) is 15.0 Å². The Bertz CT molecular complexity index is 453. The Balaban J connectivity index is 2.85. The third-order valence-corrected chi connectivity index (χ3v) is 1.87. The Morgan fingerprint density at radius 1 is 1.46 bits per heavy atom. The van der Waals surface area contributed by atoms with E-state index in [0.717, 1.165) is 5.52 Å². The van der Waals surface area contributed by atoms with E-state index in [1.54, 1.807) is 10.9 Å². The molecule has 0 aliphatic carbocycles. The fourth-order valence-corrected chi connectivity index (χ4v) is 1.29. The summed E-state index contributed by atoms with van der Waals surface area (Å²) < 4.78 is 6.83. The van der Waals surface area contributed by atoms with Crippen molar-refractivity contribution in [1.29, 1.82) is 0 Å². The molecule has 2 aromatic heterocycles. The van der Waals surface area contributed by atoms with Crippen LogP contribution in [0.1, 0.15) is 0 Å². The third kappa shape index (κ3) is 1.21. The fraction of sp³-hybridized carbons (Fsp3) is 0.286. The summed E-state index contributed by atoms with van der Waals surface area (Å²) in [6.07, 6.45) is 1.64. The van der Waals surface area contributed by atoms with E-state index in [9.17, 15) is 0 Å². The molecule has 0 N–H and O–H groups in total. The molecule has 0 radical (unpaired) electrons. The number of nitrogens with zero attached hydrogens (tertiary/aromatic N) is 4. The zero-order chi connectivity index (χ0) is 9.42. The summed E-state index contributed by atoms with van der Waals surface area (Å²) >= 11 is 5.66. The molecule has 0 saturated carbocycles. The molecule has 0 aliphatic rings. The highest BCUT2D eigenvalue weighted by atomic mass is 35.5. The van der Waals surface area contributed by atoms with Crippen LogP contribution in [0, 0.1) is 0 Å². The van der Waals surface area contributed by atoms with Gasteiger partial charge in [0.2, 0.25) is 11.2 Å². The van der Waals surface area contributed by atoms with Gasteiger partial charge < -0.3 is 9.30 Å². The van der Waals surface area contributed by atoms with Crippen LogP contribution in [0.4, 0.5) is 0 Å². The first-order valence-electron chi connectivity index (χ1n) is 3.61. The van der Waals surface area contributed by atoms with E-state index in [0.29, 0.717) is 11.5 Å². The minimum atomic E-state index is 0.142. The average Bonchev–Trinajstić information content (AvgIpc) is 2.46. The molecule has 0 spiro atoms. The number of imidazole rings is 1. The van der Waals surface area contributed by atoms with Gasteiger partial charge in [0.1, 0.15) is 0 Å². The van der Waals surface area contributed by atoms with Crippen LogP contribution in [0.15, 0.2) is 6.33 Å². The maximum absolute atomic E-state index is 5.66. The SMILES string of the molecule is COc1nc(Cl)nc2ncn(C)c12. The lowest BCUT2D eigenvalue weighted by Gasteiger charge is -2.01. The van der Waals surface area contributed by atoms with E-state index in [-0.39, 0.29) is 5.28 Å². The number of halogens is 1. The van der Waals surface area contributed by atoms with E-state index in [1.807, 2.05) is 7.05 Å². The average molecular weight is 199 g/mol. The quantitative estimate of drug-likeness (QED) is 0.643. The standard InChI is InChI=1S/C7H7ClN4O/c1-12-3-9-5-4(12)6(13-2)11-7(8)10-5/h3H,1-2H3. The van der Waals surface area contributed by atoms with Gasteiger partial charge in [-0.1, -0.05) is 0 Å². The van der Waals surface area contributed by atoms with Gasteiger partial charge >= 0.3 is 0 Å².